The summed E-state index contributed by atoms with van der Waals surface area (Å²) >= 11 is 0. The van der Waals surface area contributed by atoms with Gasteiger partial charge in [-0.15, -0.1) is 0 Å². The maximum absolute atomic E-state index is 2.60. The van der Waals surface area contributed by atoms with Crippen LogP contribution in [0.1, 0.15) is 0 Å². The van der Waals surface area contributed by atoms with E-state index < -0.39 is 14.5 Å². The lowest BCUT2D eigenvalue weighted by Crippen LogP contribution is -3.00. The van der Waals surface area contributed by atoms with Crippen LogP contribution < -0.4 is 79.8 Å². The lowest BCUT2D eigenvalue weighted by Gasteiger charge is -2.27. The normalized spacial score (nSPS) is 11.3. The van der Waals surface area contributed by atoms with E-state index in [0.29, 0.717) is 0 Å². The molecule has 0 unspecified atom stereocenters. The van der Waals surface area contributed by atoms with Crippen LogP contribution in [0.25, 0.3) is 0 Å². The second-order valence-corrected chi connectivity index (χ2v) is 16.3. The summed E-state index contributed by atoms with van der Waals surface area (Å²) in [7, 11) is -4.33. The highest BCUT2D eigenvalue weighted by Gasteiger charge is 2.49. The fourth-order valence-electron chi connectivity index (χ4n) is 5.59. The molecule has 6 aromatic carbocycles. The molecule has 208 valence electrons. The lowest BCUT2D eigenvalue weighted by atomic mass is 10.4. The maximum Gasteiger partial charge on any atom is 0.140 e. The minimum absolute atomic E-state index is 0. The van der Waals surface area contributed by atoms with Gasteiger partial charge in [-0.3, -0.25) is 0 Å². The first-order valence-electron chi connectivity index (χ1n) is 13.7. The smallest absolute Gasteiger partial charge is 0.140 e. The maximum atomic E-state index is 2.60. The van der Waals surface area contributed by atoms with Crippen molar-refractivity contribution in [2.24, 2.45) is 0 Å². The molecular weight excluding hydrogens is 772 g/mol. The second-order valence-electron chi connectivity index (χ2n) is 9.76. The highest BCUT2D eigenvalue weighted by molar-refractivity contribution is 8.01. The van der Waals surface area contributed by atoms with Gasteiger partial charge >= 0.3 is 0 Å². The summed E-state index contributed by atoms with van der Waals surface area (Å²) < 4.78 is 0. The Morgan fingerprint density at radius 3 is 0.524 bits per heavy atom. The Morgan fingerprint density at radius 1 is 0.238 bits per heavy atom. The monoisotopic (exact) mass is 804 g/mol. The molecule has 0 radical (unpaired) electrons. The fourth-order valence-corrected chi connectivity index (χ4v) is 13.9. The molecular formula is C38H32I2P2. The van der Waals surface area contributed by atoms with Gasteiger partial charge in [0.1, 0.15) is 58.0 Å². The summed E-state index contributed by atoms with van der Waals surface area (Å²) in [5.74, 6) is 5.21. The van der Waals surface area contributed by atoms with E-state index in [9.17, 15) is 0 Å². The highest BCUT2D eigenvalue weighted by atomic mass is 127. The molecule has 0 spiro atoms. The molecule has 0 aliphatic rings. The minimum Gasteiger partial charge on any atom is -1.00 e. The Hall–Kier alpha value is -2.62. The van der Waals surface area contributed by atoms with Gasteiger partial charge in [0.05, 0.1) is 0 Å². The van der Waals surface area contributed by atoms with E-state index in [-0.39, 0.29) is 48.0 Å². The summed E-state index contributed by atoms with van der Waals surface area (Å²) in [4.78, 5) is 0. The van der Waals surface area contributed by atoms with Crippen LogP contribution in [0.3, 0.4) is 0 Å². The zero-order valence-electron chi connectivity index (χ0n) is 23.1. The molecule has 0 saturated heterocycles. The van der Waals surface area contributed by atoms with Crippen LogP contribution in [0.5, 0.6) is 0 Å². The molecule has 0 N–H and O–H groups in total. The number of hydrogen-bond acceptors (Lipinski definition) is 0. The molecule has 0 nitrogen and oxygen atoms in total. The van der Waals surface area contributed by atoms with Crippen LogP contribution in [0.2, 0.25) is 0 Å². The van der Waals surface area contributed by atoms with Crippen LogP contribution in [0.15, 0.2) is 194 Å². The molecule has 0 amide bonds. The SMILES string of the molecule is C(=C[P+](c1ccccc1)(c1ccccc1)c1ccccc1)[P+](c1ccccc1)(c1ccccc1)c1ccccc1.[I-].[I-]. The van der Waals surface area contributed by atoms with Crippen LogP contribution in [0, 0.1) is 0 Å². The molecule has 0 atom stereocenters. The zero-order valence-corrected chi connectivity index (χ0v) is 29.2. The molecule has 6 aromatic rings. The van der Waals surface area contributed by atoms with Crippen molar-refractivity contribution >= 4 is 46.4 Å². The van der Waals surface area contributed by atoms with E-state index in [4.69, 9.17) is 0 Å². The van der Waals surface area contributed by atoms with Gasteiger partial charge in [-0.1, -0.05) is 109 Å². The third-order valence-electron chi connectivity index (χ3n) is 7.49. The Kier molecular flexibility index (Phi) is 11.7. The van der Waals surface area contributed by atoms with Gasteiger partial charge in [0.25, 0.3) is 0 Å². The van der Waals surface area contributed by atoms with Gasteiger partial charge in [0.15, 0.2) is 0 Å². The molecule has 0 fully saturated rings. The van der Waals surface area contributed by atoms with E-state index >= 15 is 0 Å². The minimum atomic E-state index is -2.16. The van der Waals surface area contributed by atoms with E-state index in [0.717, 1.165) is 0 Å². The second kappa shape index (κ2) is 15.2. The number of rotatable bonds is 8. The van der Waals surface area contributed by atoms with Crippen molar-refractivity contribution in [1.29, 1.82) is 0 Å². The fraction of sp³-hybridized carbons (Fsp3) is 0. The average Bonchev–Trinajstić information content (AvgIpc) is 3.06. The van der Waals surface area contributed by atoms with Crippen molar-refractivity contribution < 1.29 is 48.0 Å². The first kappa shape index (κ1) is 32.3. The predicted octanol–water partition coefficient (Wildman–Crippen LogP) is 1.45. The highest BCUT2D eigenvalue weighted by Crippen LogP contribution is 2.63. The van der Waals surface area contributed by atoms with Gasteiger partial charge < -0.3 is 48.0 Å². The molecule has 4 heteroatoms. The molecule has 0 bridgehead atoms. The first-order chi connectivity index (χ1) is 19.8. The zero-order chi connectivity index (χ0) is 27.1. The summed E-state index contributed by atoms with van der Waals surface area (Å²) in [6.45, 7) is 0. The van der Waals surface area contributed by atoms with E-state index in [1.807, 2.05) is 0 Å². The van der Waals surface area contributed by atoms with E-state index in [1.54, 1.807) is 0 Å². The van der Waals surface area contributed by atoms with Crippen molar-refractivity contribution in [2.45, 2.75) is 0 Å². The summed E-state index contributed by atoms with van der Waals surface area (Å²) in [6, 6.07) is 66.6. The van der Waals surface area contributed by atoms with Gasteiger partial charge in [-0.25, -0.2) is 0 Å². The summed E-state index contributed by atoms with van der Waals surface area (Å²) in [5, 5.41) is 8.14. The van der Waals surface area contributed by atoms with E-state index in [2.05, 4.69) is 194 Å². The quantitative estimate of drug-likeness (QED) is 0.162. The number of benzene rings is 6. The van der Waals surface area contributed by atoms with Crippen molar-refractivity contribution in [3.63, 3.8) is 0 Å². The summed E-state index contributed by atoms with van der Waals surface area (Å²) in [6.07, 6.45) is 0. The Morgan fingerprint density at radius 2 is 0.381 bits per heavy atom. The Bertz CT molecular complexity index is 1340. The average molecular weight is 804 g/mol. The van der Waals surface area contributed by atoms with Crippen LogP contribution in [-0.4, -0.2) is 0 Å². The molecule has 0 aliphatic carbocycles. The van der Waals surface area contributed by atoms with Crippen molar-refractivity contribution in [2.75, 3.05) is 0 Å². The molecule has 0 saturated carbocycles. The Labute approximate surface area is 285 Å². The van der Waals surface area contributed by atoms with Gasteiger partial charge in [0.2, 0.25) is 0 Å². The molecule has 6 rings (SSSR count). The van der Waals surface area contributed by atoms with Crippen molar-refractivity contribution in [1.82, 2.24) is 0 Å². The van der Waals surface area contributed by atoms with Crippen molar-refractivity contribution in [3.8, 4) is 0 Å². The largest absolute Gasteiger partial charge is 1.00 e. The topological polar surface area (TPSA) is 0 Å². The molecule has 0 aromatic heterocycles. The lowest BCUT2D eigenvalue weighted by molar-refractivity contribution is -0.001000. The molecule has 42 heavy (non-hydrogen) atoms. The van der Waals surface area contributed by atoms with E-state index in [1.165, 1.54) is 31.8 Å². The van der Waals surface area contributed by atoms with Gasteiger partial charge in [-0.05, 0) is 72.8 Å². The Balaban J connectivity index is 0.00000202. The van der Waals surface area contributed by atoms with Crippen molar-refractivity contribution in [3.05, 3.63) is 194 Å². The van der Waals surface area contributed by atoms with Gasteiger partial charge in [0, 0.05) is 0 Å². The number of hydrogen-bond donors (Lipinski definition) is 0. The summed E-state index contributed by atoms with van der Waals surface area (Å²) in [5.41, 5.74) is 0. The standard InChI is InChI=1S/C38H32P2.2HI/c1-7-19-33(20-8-1)39(34-21-9-2-10-22-34,35-23-11-3-12-24-35)31-32-40(36-25-13-4-14-26-36,37-27-15-5-16-28-37)38-29-17-6-18-30-38;;/h1-32H;2*1H/q+2;;/p-2. The molecule has 0 heterocycles. The molecule has 0 aliphatic heterocycles. The van der Waals surface area contributed by atoms with Gasteiger partial charge in [-0.2, -0.15) is 0 Å². The van der Waals surface area contributed by atoms with Crippen LogP contribution >= 0.6 is 14.5 Å². The first-order valence-corrected chi connectivity index (χ1v) is 17.4. The third kappa shape index (κ3) is 6.33. The van der Waals surface area contributed by atoms with Crippen LogP contribution in [0.4, 0.5) is 0 Å². The van der Waals surface area contributed by atoms with Crippen LogP contribution in [-0.2, 0) is 0 Å². The third-order valence-corrected chi connectivity index (χ3v) is 15.6. The predicted molar refractivity (Wildman–Crippen MR) is 179 cm³/mol. The number of halogens is 2.